The Hall–Kier alpha value is -1.10. The molecule has 0 aromatic rings. The first-order valence-electron chi connectivity index (χ1n) is 7.09. The van der Waals surface area contributed by atoms with Gasteiger partial charge >= 0.3 is 0 Å². The molecule has 0 aliphatic carbocycles. The summed E-state index contributed by atoms with van der Waals surface area (Å²) in [5, 5.41) is 2.85. The monoisotopic (exact) mass is 270 g/mol. The third-order valence-corrected chi connectivity index (χ3v) is 3.33. The second-order valence-electron chi connectivity index (χ2n) is 5.56. The third kappa shape index (κ3) is 5.59. The summed E-state index contributed by atoms with van der Waals surface area (Å²) in [6, 6.07) is 0. The number of likely N-dealkylation sites (tertiary alicyclic amines) is 1. The molecule has 1 fully saturated rings. The van der Waals surface area contributed by atoms with Gasteiger partial charge in [-0.05, 0) is 18.8 Å². The lowest BCUT2D eigenvalue weighted by Gasteiger charge is -2.32. The quantitative estimate of drug-likeness (QED) is 0.734. The normalized spacial score (nSPS) is 19.6. The van der Waals surface area contributed by atoms with Crippen molar-refractivity contribution >= 4 is 11.8 Å². The maximum Gasteiger partial charge on any atom is 0.224 e. The van der Waals surface area contributed by atoms with E-state index in [0.717, 1.165) is 19.4 Å². The molecule has 1 aliphatic heterocycles. The van der Waals surface area contributed by atoms with Crippen LogP contribution in [0.15, 0.2) is 0 Å². The average molecular weight is 270 g/mol. The van der Waals surface area contributed by atoms with Crippen LogP contribution in [0.25, 0.3) is 0 Å². The Morgan fingerprint density at radius 3 is 2.79 bits per heavy atom. The second-order valence-corrected chi connectivity index (χ2v) is 5.56. The van der Waals surface area contributed by atoms with Crippen LogP contribution in [0.5, 0.6) is 0 Å². The zero-order valence-corrected chi connectivity index (χ0v) is 12.3. The van der Waals surface area contributed by atoms with Crippen LogP contribution in [0.3, 0.4) is 0 Å². The summed E-state index contributed by atoms with van der Waals surface area (Å²) in [6.07, 6.45) is 2.34. The second kappa shape index (κ2) is 8.15. The van der Waals surface area contributed by atoms with E-state index >= 15 is 0 Å². The average Bonchev–Trinajstić information content (AvgIpc) is 2.38. The summed E-state index contributed by atoms with van der Waals surface area (Å²) in [5.41, 5.74) is 0. The molecule has 0 spiro atoms. The highest BCUT2D eigenvalue weighted by molar-refractivity contribution is 5.81. The number of hydrogen-bond donors (Lipinski definition) is 1. The topological polar surface area (TPSA) is 58.6 Å². The Morgan fingerprint density at radius 2 is 2.16 bits per heavy atom. The van der Waals surface area contributed by atoms with Gasteiger partial charge in [0.1, 0.15) is 0 Å². The van der Waals surface area contributed by atoms with E-state index < -0.39 is 0 Å². The summed E-state index contributed by atoms with van der Waals surface area (Å²) < 4.78 is 4.90. The van der Waals surface area contributed by atoms with Crippen molar-refractivity contribution in [1.29, 1.82) is 0 Å². The van der Waals surface area contributed by atoms with Crippen molar-refractivity contribution in [3.8, 4) is 0 Å². The van der Waals surface area contributed by atoms with Crippen molar-refractivity contribution in [3.05, 3.63) is 0 Å². The molecule has 5 nitrogen and oxygen atoms in total. The molecule has 0 radical (unpaired) electrons. The molecular formula is C14H26N2O3. The van der Waals surface area contributed by atoms with Crippen molar-refractivity contribution in [1.82, 2.24) is 10.2 Å². The number of carbonyl (C=O) groups excluding carboxylic acids is 2. The van der Waals surface area contributed by atoms with Gasteiger partial charge in [-0.25, -0.2) is 0 Å². The standard InChI is InChI=1S/C14H26N2O3/c1-11(2)9-13(17)16-7-4-5-12(10-16)14(18)15-6-8-19-3/h11-12H,4-10H2,1-3H3,(H,15,18)/t12-/m1/s1. The lowest BCUT2D eigenvalue weighted by atomic mass is 9.96. The smallest absolute Gasteiger partial charge is 0.224 e. The molecule has 1 rings (SSSR count). The van der Waals surface area contributed by atoms with Gasteiger partial charge in [-0.15, -0.1) is 0 Å². The van der Waals surface area contributed by atoms with Crippen molar-refractivity contribution in [2.45, 2.75) is 33.1 Å². The number of methoxy groups -OCH3 is 1. The maximum absolute atomic E-state index is 12.0. The highest BCUT2D eigenvalue weighted by Gasteiger charge is 2.28. The number of nitrogens with zero attached hydrogens (tertiary/aromatic N) is 1. The molecule has 1 heterocycles. The first-order valence-corrected chi connectivity index (χ1v) is 7.09. The SMILES string of the molecule is COCCNC(=O)[C@@H]1CCCN(C(=O)CC(C)C)C1. The van der Waals surface area contributed by atoms with E-state index in [9.17, 15) is 9.59 Å². The van der Waals surface area contributed by atoms with Gasteiger partial charge in [0.2, 0.25) is 11.8 Å². The fourth-order valence-corrected chi connectivity index (χ4v) is 2.32. The first kappa shape index (κ1) is 16.0. The first-order chi connectivity index (χ1) is 9.04. The van der Waals surface area contributed by atoms with Gasteiger partial charge in [0.05, 0.1) is 12.5 Å². The Balaban J connectivity index is 2.40. The van der Waals surface area contributed by atoms with Crippen molar-refractivity contribution in [2.75, 3.05) is 33.4 Å². The number of ether oxygens (including phenoxy) is 1. The van der Waals surface area contributed by atoms with Crippen LogP contribution in [0.2, 0.25) is 0 Å². The molecular weight excluding hydrogens is 244 g/mol. The fourth-order valence-electron chi connectivity index (χ4n) is 2.32. The summed E-state index contributed by atoms with van der Waals surface area (Å²) in [5.74, 6) is 0.508. The Kier molecular flexibility index (Phi) is 6.84. The van der Waals surface area contributed by atoms with Crippen molar-refractivity contribution < 1.29 is 14.3 Å². The zero-order chi connectivity index (χ0) is 14.3. The van der Waals surface area contributed by atoms with Gasteiger partial charge in [-0.3, -0.25) is 9.59 Å². The van der Waals surface area contributed by atoms with Crippen LogP contribution in [0.4, 0.5) is 0 Å². The molecule has 0 unspecified atom stereocenters. The third-order valence-electron chi connectivity index (χ3n) is 3.33. The van der Waals surface area contributed by atoms with E-state index in [4.69, 9.17) is 4.74 Å². The predicted molar refractivity (Wildman–Crippen MR) is 73.6 cm³/mol. The molecule has 0 aromatic heterocycles. The molecule has 110 valence electrons. The molecule has 19 heavy (non-hydrogen) atoms. The number of hydrogen-bond acceptors (Lipinski definition) is 3. The van der Waals surface area contributed by atoms with Gasteiger partial charge in [-0.1, -0.05) is 13.8 Å². The Morgan fingerprint density at radius 1 is 1.42 bits per heavy atom. The van der Waals surface area contributed by atoms with Crippen LogP contribution in [-0.4, -0.2) is 50.1 Å². The number of amides is 2. The Labute approximate surface area is 115 Å². The van der Waals surface area contributed by atoms with Gasteiger partial charge in [-0.2, -0.15) is 0 Å². The largest absolute Gasteiger partial charge is 0.383 e. The van der Waals surface area contributed by atoms with E-state index in [2.05, 4.69) is 5.32 Å². The molecule has 1 atom stereocenters. The molecule has 0 saturated carbocycles. The highest BCUT2D eigenvalue weighted by Crippen LogP contribution is 2.18. The summed E-state index contributed by atoms with van der Waals surface area (Å²) in [7, 11) is 1.61. The van der Waals surface area contributed by atoms with E-state index in [1.54, 1.807) is 7.11 Å². The fraction of sp³-hybridized carbons (Fsp3) is 0.857. The minimum atomic E-state index is -0.0679. The van der Waals surface area contributed by atoms with Gasteiger partial charge in [0.25, 0.3) is 0 Å². The van der Waals surface area contributed by atoms with E-state index in [1.165, 1.54) is 0 Å². The lowest BCUT2D eigenvalue weighted by Crippen LogP contribution is -2.46. The van der Waals surface area contributed by atoms with E-state index in [-0.39, 0.29) is 17.7 Å². The lowest BCUT2D eigenvalue weighted by molar-refractivity contribution is -0.136. The molecule has 1 saturated heterocycles. The molecule has 1 aliphatic rings. The van der Waals surface area contributed by atoms with Gasteiger partial charge in [0.15, 0.2) is 0 Å². The highest BCUT2D eigenvalue weighted by atomic mass is 16.5. The van der Waals surface area contributed by atoms with E-state index in [0.29, 0.717) is 32.0 Å². The van der Waals surface area contributed by atoms with Crippen LogP contribution >= 0.6 is 0 Å². The molecule has 0 bridgehead atoms. The van der Waals surface area contributed by atoms with Gasteiger partial charge in [0, 0.05) is 33.2 Å². The number of piperidine rings is 1. The summed E-state index contributed by atoms with van der Waals surface area (Å²) in [6.45, 7) is 6.48. The molecule has 5 heteroatoms. The number of nitrogens with one attached hydrogen (secondary N) is 1. The van der Waals surface area contributed by atoms with Crippen LogP contribution in [0, 0.1) is 11.8 Å². The number of carbonyl (C=O) groups is 2. The zero-order valence-electron chi connectivity index (χ0n) is 12.3. The van der Waals surface area contributed by atoms with Crippen LogP contribution in [-0.2, 0) is 14.3 Å². The van der Waals surface area contributed by atoms with Gasteiger partial charge < -0.3 is 15.0 Å². The molecule has 1 N–H and O–H groups in total. The Bertz CT molecular complexity index is 305. The van der Waals surface area contributed by atoms with Crippen molar-refractivity contribution in [3.63, 3.8) is 0 Å². The van der Waals surface area contributed by atoms with Crippen LogP contribution in [0.1, 0.15) is 33.1 Å². The summed E-state index contributed by atoms with van der Waals surface area (Å²) in [4.78, 5) is 25.8. The van der Waals surface area contributed by atoms with E-state index in [1.807, 2.05) is 18.7 Å². The molecule has 0 aromatic carbocycles. The predicted octanol–water partition coefficient (Wildman–Crippen LogP) is 1.03. The van der Waals surface area contributed by atoms with Crippen LogP contribution < -0.4 is 5.32 Å². The maximum atomic E-state index is 12.0. The van der Waals surface area contributed by atoms with Crippen molar-refractivity contribution in [2.24, 2.45) is 11.8 Å². The molecule has 2 amide bonds. The summed E-state index contributed by atoms with van der Waals surface area (Å²) >= 11 is 0. The number of rotatable bonds is 6. The minimum absolute atomic E-state index is 0.0408. The minimum Gasteiger partial charge on any atom is -0.383 e.